The maximum absolute atomic E-state index is 10.9. The molecule has 3 N–H and O–H groups in total. The Bertz CT molecular complexity index is 187. The van der Waals surface area contributed by atoms with Gasteiger partial charge in [-0.05, 0) is 24.7 Å². The molecule has 0 bridgehead atoms. The number of carboxylic acids is 1. The van der Waals surface area contributed by atoms with Crippen molar-refractivity contribution in [3.05, 3.63) is 0 Å². The van der Waals surface area contributed by atoms with Crippen LogP contribution in [0.5, 0.6) is 0 Å². The van der Waals surface area contributed by atoms with Gasteiger partial charge in [0.1, 0.15) is 0 Å². The molecule has 2 unspecified atom stereocenters. The van der Waals surface area contributed by atoms with Gasteiger partial charge in [-0.3, -0.25) is 4.79 Å². The van der Waals surface area contributed by atoms with Gasteiger partial charge in [0.25, 0.3) is 0 Å². The molecule has 3 heteroatoms. The Morgan fingerprint density at radius 2 is 2.00 bits per heavy atom. The standard InChI is InChI=1S/C10H19NO2/c1-6(2)8(10(12)13)9(11)7-4-3-5-7/h6-9H,3-5,11H2,1-2H3,(H,12,13). The number of carboxylic acid groups (broad SMARTS) is 1. The molecule has 1 rings (SSSR count). The van der Waals surface area contributed by atoms with Gasteiger partial charge in [-0.15, -0.1) is 0 Å². The molecular weight excluding hydrogens is 166 g/mol. The zero-order valence-electron chi connectivity index (χ0n) is 8.36. The minimum Gasteiger partial charge on any atom is -0.481 e. The first-order valence-electron chi connectivity index (χ1n) is 5.02. The zero-order chi connectivity index (χ0) is 10.0. The van der Waals surface area contributed by atoms with Gasteiger partial charge in [0.05, 0.1) is 5.92 Å². The molecule has 1 aliphatic carbocycles. The largest absolute Gasteiger partial charge is 0.481 e. The number of carbonyl (C=O) groups is 1. The third kappa shape index (κ3) is 2.21. The van der Waals surface area contributed by atoms with Crippen molar-refractivity contribution >= 4 is 5.97 Å². The van der Waals surface area contributed by atoms with E-state index in [-0.39, 0.29) is 17.9 Å². The fourth-order valence-electron chi connectivity index (χ4n) is 2.01. The Hall–Kier alpha value is -0.570. The molecule has 1 fully saturated rings. The highest BCUT2D eigenvalue weighted by Gasteiger charge is 2.36. The van der Waals surface area contributed by atoms with Crippen LogP contribution in [-0.2, 0) is 4.79 Å². The van der Waals surface area contributed by atoms with Crippen molar-refractivity contribution < 1.29 is 9.90 Å². The average molecular weight is 185 g/mol. The summed E-state index contributed by atoms with van der Waals surface area (Å²) in [4.78, 5) is 10.9. The number of aliphatic carboxylic acids is 1. The molecule has 3 nitrogen and oxygen atoms in total. The van der Waals surface area contributed by atoms with E-state index in [0.717, 1.165) is 12.8 Å². The minimum absolute atomic E-state index is 0.133. The molecule has 76 valence electrons. The van der Waals surface area contributed by atoms with Gasteiger partial charge in [-0.25, -0.2) is 0 Å². The molecule has 0 aromatic rings. The van der Waals surface area contributed by atoms with Crippen LogP contribution in [0.2, 0.25) is 0 Å². The number of hydrogen-bond acceptors (Lipinski definition) is 2. The van der Waals surface area contributed by atoms with Crippen LogP contribution in [0.1, 0.15) is 33.1 Å². The van der Waals surface area contributed by atoms with Crippen molar-refractivity contribution in [2.75, 3.05) is 0 Å². The van der Waals surface area contributed by atoms with E-state index in [4.69, 9.17) is 10.8 Å². The van der Waals surface area contributed by atoms with Gasteiger partial charge in [0.2, 0.25) is 0 Å². The molecule has 0 radical (unpaired) electrons. The summed E-state index contributed by atoms with van der Waals surface area (Å²) in [6, 6.07) is -0.147. The van der Waals surface area contributed by atoms with Crippen LogP contribution in [0, 0.1) is 17.8 Å². The lowest BCUT2D eigenvalue weighted by atomic mass is 9.72. The molecule has 0 amide bonds. The topological polar surface area (TPSA) is 63.3 Å². The summed E-state index contributed by atoms with van der Waals surface area (Å²) in [7, 11) is 0. The van der Waals surface area contributed by atoms with Crippen molar-refractivity contribution in [3.8, 4) is 0 Å². The second-order valence-corrected chi connectivity index (χ2v) is 4.38. The first kappa shape index (κ1) is 10.5. The predicted octanol–water partition coefficient (Wildman–Crippen LogP) is 1.47. The smallest absolute Gasteiger partial charge is 0.308 e. The lowest BCUT2D eigenvalue weighted by molar-refractivity contribution is -0.145. The molecule has 0 aromatic heterocycles. The Labute approximate surface area is 79.3 Å². The molecule has 1 aliphatic rings. The molecule has 2 atom stereocenters. The molecule has 0 aliphatic heterocycles. The molecule has 0 saturated heterocycles. The monoisotopic (exact) mass is 185 g/mol. The zero-order valence-corrected chi connectivity index (χ0v) is 8.36. The lowest BCUT2D eigenvalue weighted by Gasteiger charge is -2.36. The van der Waals surface area contributed by atoms with E-state index < -0.39 is 5.97 Å². The first-order valence-corrected chi connectivity index (χ1v) is 5.02. The van der Waals surface area contributed by atoms with E-state index in [0.29, 0.717) is 5.92 Å². The lowest BCUT2D eigenvalue weighted by Crippen LogP contribution is -2.46. The van der Waals surface area contributed by atoms with Crippen LogP contribution in [0.4, 0.5) is 0 Å². The quantitative estimate of drug-likeness (QED) is 0.697. The third-order valence-corrected chi connectivity index (χ3v) is 3.11. The van der Waals surface area contributed by atoms with Crippen molar-refractivity contribution in [1.29, 1.82) is 0 Å². The normalized spacial score (nSPS) is 22.5. The Kier molecular flexibility index (Phi) is 3.31. The molecule has 0 heterocycles. The summed E-state index contributed by atoms with van der Waals surface area (Å²) < 4.78 is 0. The molecule has 13 heavy (non-hydrogen) atoms. The highest BCUT2D eigenvalue weighted by atomic mass is 16.4. The maximum atomic E-state index is 10.9. The summed E-state index contributed by atoms with van der Waals surface area (Å²) in [6.07, 6.45) is 3.43. The van der Waals surface area contributed by atoms with Crippen LogP contribution < -0.4 is 5.73 Å². The maximum Gasteiger partial charge on any atom is 0.308 e. The fraction of sp³-hybridized carbons (Fsp3) is 0.900. The Balaban J connectivity index is 2.57. The van der Waals surface area contributed by atoms with Gasteiger partial charge in [0, 0.05) is 6.04 Å². The third-order valence-electron chi connectivity index (χ3n) is 3.11. The Morgan fingerprint density at radius 3 is 2.23 bits per heavy atom. The first-order chi connectivity index (χ1) is 6.04. The highest BCUT2D eigenvalue weighted by Crippen LogP contribution is 2.33. The van der Waals surface area contributed by atoms with Crippen LogP contribution >= 0.6 is 0 Å². The molecule has 0 spiro atoms. The molecule has 0 aromatic carbocycles. The summed E-state index contributed by atoms with van der Waals surface area (Å²) in [5, 5.41) is 9.00. The van der Waals surface area contributed by atoms with Crippen molar-refractivity contribution in [2.45, 2.75) is 39.2 Å². The van der Waals surface area contributed by atoms with Gasteiger partial charge in [0.15, 0.2) is 0 Å². The highest BCUT2D eigenvalue weighted by molar-refractivity contribution is 5.71. The summed E-state index contributed by atoms with van der Waals surface area (Å²) in [5.41, 5.74) is 5.94. The van der Waals surface area contributed by atoms with Gasteiger partial charge in [-0.2, -0.15) is 0 Å². The van der Waals surface area contributed by atoms with Gasteiger partial charge < -0.3 is 10.8 Å². The van der Waals surface area contributed by atoms with Crippen molar-refractivity contribution in [3.63, 3.8) is 0 Å². The number of rotatable bonds is 4. The molecule has 1 saturated carbocycles. The number of nitrogens with two attached hydrogens (primary N) is 1. The van der Waals surface area contributed by atoms with E-state index in [2.05, 4.69) is 0 Å². The second kappa shape index (κ2) is 4.09. The van der Waals surface area contributed by atoms with Crippen LogP contribution in [0.25, 0.3) is 0 Å². The Morgan fingerprint density at radius 1 is 1.46 bits per heavy atom. The summed E-state index contributed by atoms with van der Waals surface area (Å²) >= 11 is 0. The van der Waals surface area contributed by atoms with Gasteiger partial charge >= 0.3 is 5.97 Å². The summed E-state index contributed by atoms with van der Waals surface area (Å²) in [6.45, 7) is 3.86. The SMILES string of the molecule is CC(C)C(C(=O)O)C(N)C1CCC1. The fourth-order valence-corrected chi connectivity index (χ4v) is 2.01. The second-order valence-electron chi connectivity index (χ2n) is 4.38. The van der Waals surface area contributed by atoms with Gasteiger partial charge in [-0.1, -0.05) is 20.3 Å². The minimum atomic E-state index is -0.741. The number of hydrogen-bond donors (Lipinski definition) is 2. The van der Waals surface area contributed by atoms with E-state index in [1.807, 2.05) is 13.8 Å². The van der Waals surface area contributed by atoms with Crippen LogP contribution in [0.15, 0.2) is 0 Å². The van der Waals surface area contributed by atoms with Crippen molar-refractivity contribution in [1.82, 2.24) is 0 Å². The van der Waals surface area contributed by atoms with Crippen LogP contribution in [0.3, 0.4) is 0 Å². The van der Waals surface area contributed by atoms with E-state index in [1.54, 1.807) is 0 Å². The van der Waals surface area contributed by atoms with Crippen LogP contribution in [-0.4, -0.2) is 17.1 Å². The molecular formula is C10H19NO2. The van der Waals surface area contributed by atoms with E-state index in [1.165, 1.54) is 6.42 Å². The predicted molar refractivity (Wildman–Crippen MR) is 51.3 cm³/mol. The van der Waals surface area contributed by atoms with E-state index >= 15 is 0 Å². The van der Waals surface area contributed by atoms with Crippen molar-refractivity contribution in [2.24, 2.45) is 23.5 Å². The average Bonchev–Trinajstić information content (AvgIpc) is 1.79. The summed E-state index contributed by atoms with van der Waals surface area (Å²) in [5.74, 6) is -0.531. The van der Waals surface area contributed by atoms with E-state index in [9.17, 15) is 4.79 Å².